The van der Waals surface area contributed by atoms with Gasteiger partial charge in [0, 0.05) is 43.1 Å². The summed E-state index contributed by atoms with van der Waals surface area (Å²) in [5, 5.41) is 0. The van der Waals surface area contributed by atoms with Crippen LogP contribution in [-0.2, 0) is 19.6 Å². The summed E-state index contributed by atoms with van der Waals surface area (Å²) in [6.45, 7) is 6.25. The Kier molecular flexibility index (Phi) is 4.50. The van der Waals surface area contributed by atoms with Crippen molar-refractivity contribution >= 4 is 5.78 Å². The van der Waals surface area contributed by atoms with Gasteiger partial charge in [0.05, 0.1) is 18.5 Å². The Morgan fingerprint density at radius 1 is 1.08 bits per heavy atom. The Hall–Kier alpha value is -2.99. The zero-order valence-electron chi connectivity index (χ0n) is 15.0. The highest BCUT2D eigenvalue weighted by Gasteiger charge is 2.13. The standard InChI is InChI=1S/C20H21N5O/c1-15-9-16(2)25-13-18(23-20(25)22-15)12-24(14-19-6-4-8-26-19)11-17-5-3-7-21-10-17/h3-10,13H,11-12,14H2,1-2H3. The third kappa shape index (κ3) is 3.65. The fourth-order valence-electron chi connectivity index (χ4n) is 3.16. The molecule has 4 aromatic heterocycles. The van der Waals surface area contributed by atoms with E-state index >= 15 is 0 Å². The highest BCUT2D eigenvalue weighted by Crippen LogP contribution is 2.15. The summed E-state index contributed by atoms with van der Waals surface area (Å²) in [5.41, 5.74) is 4.26. The van der Waals surface area contributed by atoms with Crippen LogP contribution < -0.4 is 0 Å². The van der Waals surface area contributed by atoms with Gasteiger partial charge in [-0.3, -0.25) is 14.3 Å². The van der Waals surface area contributed by atoms with Gasteiger partial charge < -0.3 is 4.42 Å². The van der Waals surface area contributed by atoms with E-state index in [2.05, 4.69) is 40.1 Å². The van der Waals surface area contributed by atoms with Gasteiger partial charge in [0.1, 0.15) is 5.76 Å². The maximum absolute atomic E-state index is 5.54. The minimum atomic E-state index is 0.706. The molecule has 4 heterocycles. The second-order valence-electron chi connectivity index (χ2n) is 6.53. The van der Waals surface area contributed by atoms with E-state index in [1.807, 2.05) is 35.7 Å². The van der Waals surface area contributed by atoms with Crippen LogP contribution in [-0.4, -0.2) is 24.3 Å². The smallest absolute Gasteiger partial charge is 0.234 e. The van der Waals surface area contributed by atoms with Crippen LogP contribution in [0.5, 0.6) is 0 Å². The molecule has 4 aromatic rings. The SMILES string of the molecule is Cc1cc(C)n2cc(CN(Cc3cccnc3)Cc3ccco3)nc2n1. The van der Waals surface area contributed by atoms with E-state index in [1.165, 1.54) is 0 Å². The van der Waals surface area contributed by atoms with E-state index in [0.29, 0.717) is 13.1 Å². The predicted molar refractivity (Wildman–Crippen MR) is 98.4 cm³/mol. The lowest BCUT2D eigenvalue weighted by atomic mass is 10.2. The molecule has 0 radical (unpaired) electrons. The summed E-state index contributed by atoms with van der Waals surface area (Å²) in [5.74, 6) is 1.68. The van der Waals surface area contributed by atoms with Crippen LogP contribution in [0.2, 0.25) is 0 Å². The first-order valence-corrected chi connectivity index (χ1v) is 8.63. The van der Waals surface area contributed by atoms with Gasteiger partial charge in [0.15, 0.2) is 0 Å². The first kappa shape index (κ1) is 16.5. The molecule has 0 aliphatic rings. The van der Waals surface area contributed by atoms with E-state index in [4.69, 9.17) is 9.40 Å². The number of furan rings is 1. The fourth-order valence-corrected chi connectivity index (χ4v) is 3.16. The topological polar surface area (TPSA) is 59.5 Å². The average Bonchev–Trinajstić information content (AvgIpc) is 3.25. The van der Waals surface area contributed by atoms with Crippen LogP contribution >= 0.6 is 0 Å². The summed E-state index contributed by atoms with van der Waals surface area (Å²) >= 11 is 0. The Balaban J connectivity index is 1.60. The van der Waals surface area contributed by atoms with E-state index < -0.39 is 0 Å². The number of hydrogen-bond acceptors (Lipinski definition) is 5. The Morgan fingerprint density at radius 3 is 2.77 bits per heavy atom. The molecular weight excluding hydrogens is 326 g/mol. The van der Waals surface area contributed by atoms with Crippen molar-refractivity contribution in [1.29, 1.82) is 0 Å². The quantitative estimate of drug-likeness (QED) is 0.534. The number of imidazole rings is 1. The van der Waals surface area contributed by atoms with Gasteiger partial charge in [-0.1, -0.05) is 6.07 Å². The molecule has 0 fully saturated rings. The van der Waals surface area contributed by atoms with Crippen molar-refractivity contribution in [3.05, 3.63) is 83.6 Å². The molecule has 0 aliphatic heterocycles. The molecular formula is C20H21N5O. The maximum Gasteiger partial charge on any atom is 0.234 e. The minimum Gasteiger partial charge on any atom is -0.468 e. The first-order chi connectivity index (χ1) is 12.7. The number of rotatable bonds is 6. The van der Waals surface area contributed by atoms with Crippen LogP contribution in [0, 0.1) is 13.8 Å². The van der Waals surface area contributed by atoms with E-state index in [0.717, 1.165) is 40.7 Å². The summed E-state index contributed by atoms with van der Waals surface area (Å²) in [4.78, 5) is 15.7. The molecule has 4 rings (SSSR count). The van der Waals surface area contributed by atoms with Crippen molar-refractivity contribution in [3.63, 3.8) is 0 Å². The highest BCUT2D eigenvalue weighted by atomic mass is 16.3. The van der Waals surface area contributed by atoms with Gasteiger partial charge in [0.25, 0.3) is 0 Å². The lowest BCUT2D eigenvalue weighted by molar-refractivity contribution is 0.224. The molecule has 0 atom stereocenters. The molecule has 0 saturated carbocycles. The Labute approximate surface area is 152 Å². The second-order valence-corrected chi connectivity index (χ2v) is 6.53. The van der Waals surface area contributed by atoms with Crippen molar-refractivity contribution in [2.45, 2.75) is 33.5 Å². The summed E-state index contributed by atoms with van der Waals surface area (Å²) in [6.07, 6.45) is 7.46. The Morgan fingerprint density at radius 2 is 2.00 bits per heavy atom. The molecule has 0 bridgehead atoms. The van der Waals surface area contributed by atoms with Crippen molar-refractivity contribution < 1.29 is 4.42 Å². The largest absolute Gasteiger partial charge is 0.468 e. The molecule has 6 heteroatoms. The second kappa shape index (κ2) is 7.09. The zero-order chi connectivity index (χ0) is 17.9. The molecule has 0 aliphatic carbocycles. The lowest BCUT2D eigenvalue weighted by Gasteiger charge is -2.20. The van der Waals surface area contributed by atoms with Gasteiger partial charge >= 0.3 is 0 Å². The normalized spacial score (nSPS) is 11.5. The molecule has 132 valence electrons. The predicted octanol–water partition coefficient (Wildman–Crippen LogP) is 3.54. The van der Waals surface area contributed by atoms with Gasteiger partial charge in [0.2, 0.25) is 5.78 Å². The molecule has 0 unspecified atom stereocenters. The van der Waals surface area contributed by atoms with Crippen molar-refractivity contribution in [2.75, 3.05) is 0 Å². The number of nitrogens with zero attached hydrogens (tertiary/aromatic N) is 5. The number of hydrogen-bond donors (Lipinski definition) is 0. The first-order valence-electron chi connectivity index (χ1n) is 8.63. The molecule has 6 nitrogen and oxygen atoms in total. The third-order valence-electron chi connectivity index (χ3n) is 4.29. The van der Waals surface area contributed by atoms with Crippen LogP contribution in [0.3, 0.4) is 0 Å². The van der Waals surface area contributed by atoms with Crippen LogP contribution in [0.15, 0.2) is 59.6 Å². The number of aryl methyl sites for hydroxylation is 2. The number of pyridine rings is 1. The molecule has 0 saturated heterocycles. The van der Waals surface area contributed by atoms with Gasteiger partial charge in [-0.25, -0.2) is 9.97 Å². The molecule has 0 amide bonds. The van der Waals surface area contributed by atoms with Crippen molar-refractivity contribution in [3.8, 4) is 0 Å². The fraction of sp³-hybridized carbons (Fsp3) is 0.250. The van der Waals surface area contributed by atoms with Crippen LogP contribution in [0.1, 0.15) is 28.4 Å². The van der Waals surface area contributed by atoms with Gasteiger partial charge in [-0.15, -0.1) is 0 Å². The van der Waals surface area contributed by atoms with E-state index in [1.54, 1.807) is 12.5 Å². The number of aromatic nitrogens is 4. The number of fused-ring (bicyclic) bond motifs is 1. The molecule has 26 heavy (non-hydrogen) atoms. The highest BCUT2D eigenvalue weighted by molar-refractivity contribution is 5.34. The summed E-state index contributed by atoms with van der Waals surface area (Å²) in [6, 6.07) is 10.0. The summed E-state index contributed by atoms with van der Waals surface area (Å²) in [7, 11) is 0. The van der Waals surface area contributed by atoms with Crippen molar-refractivity contribution in [2.24, 2.45) is 0 Å². The lowest BCUT2D eigenvalue weighted by Crippen LogP contribution is -2.22. The van der Waals surface area contributed by atoms with Crippen LogP contribution in [0.25, 0.3) is 5.78 Å². The Bertz CT molecular complexity index is 992. The van der Waals surface area contributed by atoms with Gasteiger partial charge in [-0.05, 0) is 43.7 Å². The van der Waals surface area contributed by atoms with Gasteiger partial charge in [-0.2, -0.15) is 0 Å². The molecule has 0 N–H and O–H groups in total. The molecule has 0 spiro atoms. The zero-order valence-corrected chi connectivity index (χ0v) is 15.0. The third-order valence-corrected chi connectivity index (χ3v) is 4.29. The van der Waals surface area contributed by atoms with E-state index in [9.17, 15) is 0 Å². The summed E-state index contributed by atoms with van der Waals surface area (Å²) < 4.78 is 7.58. The average molecular weight is 347 g/mol. The molecule has 0 aromatic carbocycles. The minimum absolute atomic E-state index is 0.706. The van der Waals surface area contributed by atoms with E-state index in [-0.39, 0.29) is 0 Å². The maximum atomic E-state index is 5.54. The van der Waals surface area contributed by atoms with Crippen LogP contribution in [0.4, 0.5) is 0 Å². The monoisotopic (exact) mass is 347 g/mol. The van der Waals surface area contributed by atoms with Crippen molar-refractivity contribution in [1.82, 2.24) is 24.3 Å².